The highest BCUT2D eigenvalue weighted by atomic mass is 32.2. The molecule has 1 aliphatic rings. The van der Waals surface area contributed by atoms with Crippen molar-refractivity contribution in [2.75, 3.05) is 31.9 Å². The summed E-state index contributed by atoms with van der Waals surface area (Å²) in [6, 6.07) is 16.3. The van der Waals surface area contributed by atoms with Crippen LogP contribution in [0.25, 0.3) is 15.7 Å². The first kappa shape index (κ1) is 18.6. The Morgan fingerprint density at radius 2 is 1.90 bits per heavy atom. The van der Waals surface area contributed by atoms with Crippen molar-refractivity contribution in [1.82, 2.24) is 24.4 Å². The van der Waals surface area contributed by atoms with Gasteiger partial charge < -0.3 is 4.90 Å². The molecule has 1 aromatic carbocycles. The van der Waals surface area contributed by atoms with Gasteiger partial charge in [0.2, 0.25) is 5.91 Å². The Labute approximate surface area is 177 Å². The molecule has 5 rings (SSSR count). The third-order valence-electron chi connectivity index (χ3n) is 5.12. The number of fused-ring (bicyclic) bond motifs is 2. The lowest BCUT2D eigenvalue weighted by molar-refractivity contribution is -0.130. The minimum atomic E-state index is 0.196. The second-order valence-electron chi connectivity index (χ2n) is 7.10. The van der Waals surface area contributed by atoms with Gasteiger partial charge in [0, 0.05) is 38.9 Å². The number of thioether (sulfide) groups is 1. The van der Waals surface area contributed by atoms with Crippen molar-refractivity contribution >= 4 is 44.7 Å². The predicted octanol–water partition coefficient (Wildman–Crippen LogP) is 3.38. The van der Waals surface area contributed by atoms with Gasteiger partial charge in [-0.2, -0.15) is 5.10 Å². The van der Waals surface area contributed by atoms with Crippen molar-refractivity contribution in [3.63, 3.8) is 0 Å². The zero-order chi connectivity index (χ0) is 19.6. The number of benzene rings is 1. The Morgan fingerprint density at radius 1 is 1.07 bits per heavy atom. The average molecular weight is 424 g/mol. The van der Waals surface area contributed by atoms with Crippen LogP contribution in [0.2, 0.25) is 0 Å². The molecule has 29 heavy (non-hydrogen) atoms. The number of piperazine rings is 1. The number of hydrogen-bond acceptors (Lipinski definition) is 6. The summed E-state index contributed by atoms with van der Waals surface area (Å²) in [5, 5.41) is 4.63. The lowest BCUT2D eigenvalue weighted by atomic mass is 10.3. The lowest BCUT2D eigenvalue weighted by Crippen LogP contribution is -2.48. The van der Waals surface area contributed by atoms with E-state index in [9.17, 15) is 4.79 Å². The van der Waals surface area contributed by atoms with E-state index in [0.29, 0.717) is 5.75 Å². The van der Waals surface area contributed by atoms with Crippen molar-refractivity contribution in [2.45, 2.75) is 10.9 Å². The van der Waals surface area contributed by atoms with Crippen LogP contribution < -0.4 is 0 Å². The predicted molar refractivity (Wildman–Crippen MR) is 117 cm³/mol. The number of thiazole rings is 1. The van der Waals surface area contributed by atoms with E-state index in [4.69, 9.17) is 0 Å². The maximum absolute atomic E-state index is 12.6. The van der Waals surface area contributed by atoms with E-state index in [2.05, 4.69) is 33.2 Å². The van der Waals surface area contributed by atoms with Gasteiger partial charge in [-0.25, -0.2) is 9.50 Å². The van der Waals surface area contributed by atoms with E-state index < -0.39 is 0 Å². The van der Waals surface area contributed by atoms with E-state index in [1.165, 1.54) is 4.70 Å². The topological polar surface area (TPSA) is 53.7 Å². The molecular weight excluding hydrogens is 402 g/mol. The molecule has 0 aliphatic carbocycles. The first-order chi connectivity index (χ1) is 14.2. The third kappa shape index (κ3) is 4.14. The number of hydrogen-bond donors (Lipinski definition) is 0. The van der Waals surface area contributed by atoms with Crippen LogP contribution in [0.15, 0.2) is 59.1 Å². The fourth-order valence-corrected chi connectivity index (χ4v) is 5.55. The summed E-state index contributed by atoms with van der Waals surface area (Å²) in [7, 11) is 0. The molecule has 0 bridgehead atoms. The van der Waals surface area contributed by atoms with Crippen LogP contribution in [-0.4, -0.2) is 62.2 Å². The minimum Gasteiger partial charge on any atom is -0.339 e. The van der Waals surface area contributed by atoms with Gasteiger partial charge in [-0.15, -0.1) is 11.3 Å². The van der Waals surface area contributed by atoms with Crippen LogP contribution in [0.3, 0.4) is 0 Å². The van der Waals surface area contributed by atoms with Gasteiger partial charge in [0.05, 0.1) is 27.2 Å². The van der Waals surface area contributed by atoms with Crippen LogP contribution in [0.5, 0.6) is 0 Å². The number of para-hydroxylation sites is 1. The quantitative estimate of drug-likeness (QED) is 0.461. The summed E-state index contributed by atoms with van der Waals surface area (Å²) in [4.78, 5) is 21.6. The lowest BCUT2D eigenvalue weighted by Gasteiger charge is -2.34. The molecule has 1 fully saturated rings. The van der Waals surface area contributed by atoms with Crippen LogP contribution in [-0.2, 0) is 11.3 Å². The molecule has 6 nitrogen and oxygen atoms in total. The molecule has 0 atom stereocenters. The van der Waals surface area contributed by atoms with Gasteiger partial charge >= 0.3 is 0 Å². The Hall–Kier alpha value is -2.42. The maximum Gasteiger partial charge on any atom is 0.233 e. The van der Waals surface area contributed by atoms with Gasteiger partial charge in [0.25, 0.3) is 0 Å². The number of carbonyl (C=O) groups is 1. The first-order valence-corrected chi connectivity index (χ1v) is 11.5. The van der Waals surface area contributed by atoms with E-state index in [-0.39, 0.29) is 5.91 Å². The second-order valence-corrected chi connectivity index (χ2v) is 9.35. The number of aromatic nitrogens is 3. The Balaban J connectivity index is 1.12. The van der Waals surface area contributed by atoms with Crippen LogP contribution in [0.1, 0.15) is 5.69 Å². The zero-order valence-electron chi connectivity index (χ0n) is 15.9. The van der Waals surface area contributed by atoms with Crippen LogP contribution in [0.4, 0.5) is 0 Å². The largest absolute Gasteiger partial charge is 0.339 e. The Morgan fingerprint density at radius 3 is 2.72 bits per heavy atom. The van der Waals surface area contributed by atoms with Gasteiger partial charge in [0.1, 0.15) is 0 Å². The van der Waals surface area contributed by atoms with E-state index in [0.717, 1.165) is 53.8 Å². The fraction of sp³-hybridized carbons (Fsp3) is 0.286. The summed E-state index contributed by atoms with van der Waals surface area (Å²) in [6.45, 7) is 4.13. The molecule has 0 radical (unpaired) electrons. The molecule has 0 saturated carbocycles. The van der Waals surface area contributed by atoms with Crippen LogP contribution >= 0.6 is 23.1 Å². The fourth-order valence-electron chi connectivity index (χ4n) is 3.58. The van der Waals surface area contributed by atoms with Crippen molar-refractivity contribution < 1.29 is 4.79 Å². The summed E-state index contributed by atoms with van der Waals surface area (Å²) in [6.07, 6.45) is 1.97. The van der Waals surface area contributed by atoms with Crippen molar-refractivity contribution in [1.29, 1.82) is 0 Å². The molecule has 4 aromatic rings. The Kier molecular flexibility index (Phi) is 5.22. The van der Waals surface area contributed by atoms with Gasteiger partial charge in [-0.3, -0.25) is 9.69 Å². The summed E-state index contributed by atoms with van der Waals surface area (Å²) in [5.41, 5.74) is 3.19. The molecule has 8 heteroatoms. The summed E-state index contributed by atoms with van der Waals surface area (Å²) >= 11 is 3.20. The standard InChI is InChI=1S/C21H21N5OS2/c27-20(15-28-21-22-18-6-1-2-7-19(18)29-21)25-11-9-24(10-12-25)14-16-13-17-5-3-4-8-26(17)23-16/h1-8,13H,9-12,14-15H2. The van der Waals surface area contributed by atoms with Crippen molar-refractivity contribution in [3.05, 3.63) is 60.4 Å². The number of nitrogens with zero attached hydrogens (tertiary/aromatic N) is 5. The van der Waals surface area contributed by atoms with Gasteiger partial charge in [-0.05, 0) is 30.3 Å². The number of amides is 1. The highest BCUT2D eigenvalue weighted by Crippen LogP contribution is 2.29. The van der Waals surface area contributed by atoms with Gasteiger partial charge in [-0.1, -0.05) is 30.0 Å². The van der Waals surface area contributed by atoms with Gasteiger partial charge in [0.15, 0.2) is 4.34 Å². The highest BCUT2D eigenvalue weighted by Gasteiger charge is 2.22. The monoisotopic (exact) mass is 423 g/mol. The molecule has 0 N–H and O–H groups in total. The molecule has 0 unspecified atom stereocenters. The van der Waals surface area contributed by atoms with Crippen LogP contribution in [0, 0.1) is 0 Å². The highest BCUT2D eigenvalue weighted by molar-refractivity contribution is 8.01. The number of carbonyl (C=O) groups excluding carboxylic acids is 1. The third-order valence-corrected chi connectivity index (χ3v) is 7.29. The zero-order valence-corrected chi connectivity index (χ0v) is 17.5. The summed E-state index contributed by atoms with van der Waals surface area (Å²) < 4.78 is 4.04. The normalized spacial score (nSPS) is 15.4. The second kappa shape index (κ2) is 8.14. The molecule has 3 aromatic heterocycles. The number of pyridine rings is 1. The molecular formula is C21H21N5OS2. The van der Waals surface area contributed by atoms with E-state index >= 15 is 0 Å². The minimum absolute atomic E-state index is 0.196. The molecule has 1 saturated heterocycles. The van der Waals surface area contributed by atoms with E-state index in [1.54, 1.807) is 23.1 Å². The molecule has 1 aliphatic heterocycles. The molecule has 1 amide bonds. The molecule has 148 valence electrons. The Bertz CT molecular complexity index is 1080. The maximum atomic E-state index is 12.6. The van der Waals surface area contributed by atoms with E-state index in [1.807, 2.05) is 45.9 Å². The average Bonchev–Trinajstić information content (AvgIpc) is 3.35. The first-order valence-electron chi connectivity index (χ1n) is 9.66. The van der Waals surface area contributed by atoms with Crippen molar-refractivity contribution in [3.8, 4) is 0 Å². The molecule has 4 heterocycles. The summed E-state index contributed by atoms with van der Waals surface area (Å²) in [5.74, 6) is 0.647. The SMILES string of the molecule is O=C(CSc1nc2ccccc2s1)N1CCN(Cc2cc3ccccn3n2)CC1. The smallest absolute Gasteiger partial charge is 0.233 e. The number of rotatable bonds is 5. The molecule has 0 spiro atoms. The van der Waals surface area contributed by atoms with Crippen molar-refractivity contribution in [2.24, 2.45) is 0 Å².